The first-order valence-electron chi connectivity index (χ1n) is 7.23. The Hall–Kier alpha value is -2.38. The van der Waals surface area contributed by atoms with Crippen molar-refractivity contribution >= 4 is 21.0 Å². The van der Waals surface area contributed by atoms with Gasteiger partial charge in [0, 0.05) is 10.2 Å². The van der Waals surface area contributed by atoms with Crippen molar-refractivity contribution in [3.8, 4) is 0 Å². The van der Waals surface area contributed by atoms with Crippen molar-refractivity contribution in [2.24, 2.45) is 0 Å². The SMILES string of the molecule is [SiH3]C(=C(c1ccccc1)c1ccccc1)c1ccccc1. The molecule has 0 aliphatic carbocycles. The van der Waals surface area contributed by atoms with Crippen molar-refractivity contribution in [1.29, 1.82) is 0 Å². The van der Waals surface area contributed by atoms with Gasteiger partial charge < -0.3 is 0 Å². The van der Waals surface area contributed by atoms with Gasteiger partial charge in [0.05, 0.1) is 0 Å². The van der Waals surface area contributed by atoms with Gasteiger partial charge in [0.25, 0.3) is 0 Å². The Balaban J connectivity index is 2.22. The summed E-state index contributed by atoms with van der Waals surface area (Å²) >= 11 is 0. The number of benzene rings is 3. The lowest BCUT2D eigenvalue weighted by molar-refractivity contribution is 1.54. The van der Waals surface area contributed by atoms with Crippen LogP contribution in [-0.4, -0.2) is 10.2 Å². The van der Waals surface area contributed by atoms with E-state index in [1.165, 1.54) is 27.5 Å². The van der Waals surface area contributed by atoms with E-state index in [9.17, 15) is 0 Å². The number of hydrogen-bond donors (Lipinski definition) is 0. The molecule has 0 saturated heterocycles. The highest BCUT2D eigenvalue weighted by atomic mass is 28.1. The first-order valence-corrected chi connectivity index (χ1v) is 8.23. The summed E-state index contributed by atoms with van der Waals surface area (Å²) in [6, 6.07) is 32.1. The van der Waals surface area contributed by atoms with Crippen LogP contribution >= 0.6 is 0 Å². The molecule has 0 unspecified atom stereocenters. The first-order chi connectivity index (χ1) is 10.4. The maximum absolute atomic E-state index is 2.20. The van der Waals surface area contributed by atoms with E-state index in [0.29, 0.717) is 0 Å². The lowest BCUT2D eigenvalue weighted by atomic mass is 9.95. The van der Waals surface area contributed by atoms with Crippen molar-refractivity contribution in [2.45, 2.75) is 0 Å². The predicted molar refractivity (Wildman–Crippen MR) is 95.2 cm³/mol. The lowest BCUT2D eigenvalue weighted by Gasteiger charge is -2.14. The van der Waals surface area contributed by atoms with Crippen LogP contribution in [0.2, 0.25) is 0 Å². The second kappa shape index (κ2) is 6.38. The Morgan fingerprint density at radius 3 is 1.19 bits per heavy atom. The van der Waals surface area contributed by atoms with Crippen LogP contribution in [0.4, 0.5) is 0 Å². The summed E-state index contributed by atoms with van der Waals surface area (Å²) in [5, 5.41) is 1.44. The quantitative estimate of drug-likeness (QED) is 0.505. The molecule has 0 aromatic heterocycles. The van der Waals surface area contributed by atoms with E-state index < -0.39 is 0 Å². The molecule has 3 aromatic carbocycles. The highest BCUT2D eigenvalue weighted by molar-refractivity contribution is 6.47. The zero-order valence-electron chi connectivity index (χ0n) is 12.2. The Bertz CT molecular complexity index is 687. The second-order valence-electron chi connectivity index (χ2n) is 5.10. The molecule has 0 N–H and O–H groups in total. The summed E-state index contributed by atoms with van der Waals surface area (Å²) in [7, 11) is 1.01. The van der Waals surface area contributed by atoms with Crippen LogP contribution in [0.3, 0.4) is 0 Å². The van der Waals surface area contributed by atoms with E-state index in [1.54, 1.807) is 0 Å². The minimum Gasteiger partial charge on any atom is -0.0622 e. The third-order valence-corrected chi connectivity index (χ3v) is 4.78. The second-order valence-corrected chi connectivity index (χ2v) is 6.10. The van der Waals surface area contributed by atoms with Crippen LogP contribution in [0.5, 0.6) is 0 Å². The first kappa shape index (κ1) is 13.6. The molecule has 0 spiro atoms. The summed E-state index contributed by atoms with van der Waals surface area (Å²) in [6.45, 7) is 0. The van der Waals surface area contributed by atoms with Crippen LogP contribution in [-0.2, 0) is 0 Å². The van der Waals surface area contributed by atoms with E-state index in [2.05, 4.69) is 91.0 Å². The van der Waals surface area contributed by atoms with Gasteiger partial charge in [0.2, 0.25) is 0 Å². The Morgan fingerprint density at radius 1 is 0.476 bits per heavy atom. The minimum absolute atomic E-state index is 1.01. The molecule has 0 fully saturated rings. The van der Waals surface area contributed by atoms with Gasteiger partial charge in [0.1, 0.15) is 0 Å². The summed E-state index contributed by atoms with van der Waals surface area (Å²) in [4.78, 5) is 0. The normalized spacial score (nSPS) is 10.3. The Morgan fingerprint density at radius 2 is 0.810 bits per heavy atom. The Kier molecular flexibility index (Phi) is 4.13. The van der Waals surface area contributed by atoms with Gasteiger partial charge in [-0.3, -0.25) is 0 Å². The molecule has 0 aliphatic rings. The summed E-state index contributed by atoms with van der Waals surface area (Å²) in [5.74, 6) is 0. The van der Waals surface area contributed by atoms with E-state index in [-0.39, 0.29) is 0 Å². The van der Waals surface area contributed by atoms with E-state index in [1.807, 2.05) is 0 Å². The average molecular weight is 286 g/mol. The molecule has 0 atom stereocenters. The maximum atomic E-state index is 2.20. The van der Waals surface area contributed by atoms with Crippen molar-refractivity contribution in [2.75, 3.05) is 0 Å². The fraction of sp³-hybridized carbons (Fsp3) is 0. The van der Waals surface area contributed by atoms with Crippen LogP contribution in [0, 0.1) is 0 Å². The molecule has 0 bridgehead atoms. The van der Waals surface area contributed by atoms with Gasteiger partial charge in [-0.05, 0) is 22.3 Å². The summed E-state index contributed by atoms with van der Waals surface area (Å²) < 4.78 is 0. The van der Waals surface area contributed by atoms with Crippen molar-refractivity contribution in [3.63, 3.8) is 0 Å². The molecule has 1 heteroatoms. The topological polar surface area (TPSA) is 0 Å². The van der Waals surface area contributed by atoms with E-state index in [0.717, 1.165) is 10.2 Å². The molecule has 102 valence electrons. The molecule has 0 amide bonds. The van der Waals surface area contributed by atoms with Gasteiger partial charge in [-0.2, -0.15) is 0 Å². The third-order valence-electron chi connectivity index (χ3n) is 3.71. The largest absolute Gasteiger partial charge is 0.0622 e. The fourth-order valence-electron chi connectivity index (χ4n) is 2.64. The molecular weight excluding hydrogens is 268 g/mol. The van der Waals surface area contributed by atoms with Gasteiger partial charge in [0.15, 0.2) is 0 Å². The van der Waals surface area contributed by atoms with Crippen LogP contribution in [0.1, 0.15) is 16.7 Å². The van der Waals surface area contributed by atoms with Gasteiger partial charge in [-0.25, -0.2) is 0 Å². The van der Waals surface area contributed by atoms with Crippen molar-refractivity contribution in [1.82, 2.24) is 0 Å². The highest BCUT2D eigenvalue weighted by Gasteiger charge is 2.09. The molecule has 0 radical (unpaired) electrons. The van der Waals surface area contributed by atoms with Gasteiger partial charge in [-0.1, -0.05) is 96.2 Å². The van der Waals surface area contributed by atoms with E-state index in [4.69, 9.17) is 0 Å². The molecule has 0 nitrogen and oxygen atoms in total. The molecule has 21 heavy (non-hydrogen) atoms. The number of rotatable bonds is 3. The fourth-order valence-corrected chi connectivity index (χ4v) is 3.55. The smallest absolute Gasteiger partial charge is 0.0401 e. The molecule has 3 rings (SSSR count). The standard InChI is InChI=1S/C20H18Si/c21-20(18-14-8-3-9-15-18)19(16-10-4-1-5-11-16)17-12-6-2-7-13-17/h1-15H,21H3. The number of hydrogen-bond acceptors (Lipinski definition) is 0. The zero-order valence-corrected chi connectivity index (χ0v) is 14.2. The summed E-state index contributed by atoms with van der Waals surface area (Å²) in [6.07, 6.45) is 0. The average Bonchev–Trinajstić information content (AvgIpc) is 2.58. The summed E-state index contributed by atoms with van der Waals surface area (Å²) in [5.41, 5.74) is 5.26. The molecule has 0 saturated carbocycles. The van der Waals surface area contributed by atoms with Crippen LogP contribution in [0.25, 0.3) is 10.8 Å². The lowest BCUT2D eigenvalue weighted by Crippen LogP contribution is -1.94. The molecule has 0 heterocycles. The molecule has 3 aromatic rings. The third kappa shape index (κ3) is 3.04. The minimum atomic E-state index is 1.01. The van der Waals surface area contributed by atoms with Gasteiger partial charge >= 0.3 is 0 Å². The Labute approximate surface area is 129 Å². The maximum Gasteiger partial charge on any atom is 0.0401 e. The monoisotopic (exact) mass is 286 g/mol. The van der Waals surface area contributed by atoms with Crippen molar-refractivity contribution < 1.29 is 0 Å². The zero-order chi connectivity index (χ0) is 14.5. The molecular formula is C20H18Si. The predicted octanol–water partition coefficient (Wildman–Crippen LogP) is 3.97. The van der Waals surface area contributed by atoms with Crippen molar-refractivity contribution in [3.05, 3.63) is 108 Å². The van der Waals surface area contributed by atoms with E-state index >= 15 is 0 Å². The molecule has 0 aliphatic heterocycles. The van der Waals surface area contributed by atoms with Gasteiger partial charge in [-0.15, -0.1) is 0 Å². The van der Waals surface area contributed by atoms with Crippen LogP contribution in [0.15, 0.2) is 91.0 Å². The highest BCUT2D eigenvalue weighted by Crippen LogP contribution is 2.30. The van der Waals surface area contributed by atoms with Crippen LogP contribution < -0.4 is 0 Å².